The number of hydrogen-bond donors (Lipinski definition) is 2. The standard InChI is InChI=1S/C25H29N3O4/c1-15(2)14-28-24(30)22(18-6-12-21(13-7-18)32-16(3)4)23(25(28)31)27-20-10-8-19(9-11-20)26-17(5)29/h6-13,15-16,27H,14H2,1-5H3,(H,26,29). The molecule has 0 atom stereocenters. The smallest absolute Gasteiger partial charge is 0.278 e. The minimum atomic E-state index is -0.354. The molecule has 168 valence electrons. The number of anilines is 2. The molecule has 1 heterocycles. The van der Waals surface area contributed by atoms with Crippen LogP contribution in [0.25, 0.3) is 5.57 Å². The van der Waals surface area contributed by atoms with Gasteiger partial charge in [-0.15, -0.1) is 0 Å². The molecule has 0 saturated heterocycles. The van der Waals surface area contributed by atoms with Crippen LogP contribution in [-0.4, -0.2) is 35.3 Å². The summed E-state index contributed by atoms with van der Waals surface area (Å²) in [6.07, 6.45) is 0.0361. The summed E-state index contributed by atoms with van der Waals surface area (Å²) in [6.45, 7) is 9.58. The number of carbonyl (C=O) groups excluding carboxylic acids is 3. The summed E-state index contributed by atoms with van der Waals surface area (Å²) in [6, 6.07) is 14.1. The fourth-order valence-electron chi connectivity index (χ4n) is 3.45. The van der Waals surface area contributed by atoms with Crippen molar-refractivity contribution in [1.29, 1.82) is 0 Å². The van der Waals surface area contributed by atoms with E-state index in [2.05, 4.69) is 10.6 Å². The second-order valence-electron chi connectivity index (χ2n) is 8.44. The molecule has 7 heteroatoms. The first-order chi connectivity index (χ1) is 15.2. The molecule has 0 unspecified atom stereocenters. The van der Waals surface area contributed by atoms with Gasteiger partial charge in [0.2, 0.25) is 5.91 Å². The largest absolute Gasteiger partial charge is 0.491 e. The number of ether oxygens (including phenoxy) is 1. The van der Waals surface area contributed by atoms with Gasteiger partial charge < -0.3 is 15.4 Å². The lowest BCUT2D eigenvalue weighted by Crippen LogP contribution is -2.35. The van der Waals surface area contributed by atoms with Crippen LogP contribution in [0.3, 0.4) is 0 Å². The Balaban J connectivity index is 1.96. The third-order valence-corrected chi connectivity index (χ3v) is 4.71. The van der Waals surface area contributed by atoms with Gasteiger partial charge in [0, 0.05) is 24.8 Å². The van der Waals surface area contributed by atoms with Gasteiger partial charge >= 0.3 is 0 Å². The number of nitrogens with zero attached hydrogens (tertiary/aromatic N) is 1. The average molecular weight is 436 g/mol. The van der Waals surface area contributed by atoms with Crippen molar-refractivity contribution >= 4 is 34.7 Å². The van der Waals surface area contributed by atoms with E-state index in [9.17, 15) is 14.4 Å². The predicted octanol–water partition coefficient (Wildman–Crippen LogP) is 4.28. The molecule has 0 fully saturated rings. The molecule has 1 aliphatic heterocycles. The van der Waals surface area contributed by atoms with Gasteiger partial charge in [-0.1, -0.05) is 26.0 Å². The summed E-state index contributed by atoms with van der Waals surface area (Å²) in [4.78, 5) is 38.9. The fourth-order valence-corrected chi connectivity index (χ4v) is 3.45. The molecule has 0 aromatic heterocycles. The van der Waals surface area contributed by atoms with Crippen LogP contribution in [0.4, 0.5) is 11.4 Å². The van der Waals surface area contributed by atoms with Crippen LogP contribution >= 0.6 is 0 Å². The van der Waals surface area contributed by atoms with Gasteiger partial charge in [-0.25, -0.2) is 0 Å². The van der Waals surface area contributed by atoms with Gasteiger partial charge in [0.15, 0.2) is 0 Å². The summed E-state index contributed by atoms with van der Waals surface area (Å²) >= 11 is 0. The molecule has 3 rings (SSSR count). The third kappa shape index (κ3) is 5.35. The monoisotopic (exact) mass is 435 g/mol. The first-order valence-corrected chi connectivity index (χ1v) is 10.7. The Hall–Kier alpha value is -3.61. The number of amides is 3. The van der Waals surface area contributed by atoms with Gasteiger partial charge in [-0.2, -0.15) is 0 Å². The van der Waals surface area contributed by atoms with Crippen molar-refractivity contribution in [1.82, 2.24) is 4.90 Å². The van der Waals surface area contributed by atoms with E-state index in [0.717, 1.165) is 0 Å². The van der Waals surface area contributed by atoms with Gasteiger partial charge in [0.25, 0.3) is 11.8 Å². The second-order valence-corrected chi connectivity index (χ2v) is 8.44. The van der Waals surface area contributed by atoms with Crippen LogP contribution in [-0.2, 0) is 14.4 Å². The van der Waals surface area contributed by atoms with Crippen molar-refractivity contribution in [2.24, 2.45) is 5.92 Å². The first-order valence-electron chi connectivity index (χ1n) is 10.7. The zero-order valence-electron chi connectivity index (χ0n) is 19.1. The summed E-state index contributed by atoms with van der Waals surface area (Å²) in [7, 11) is 0. The Morgan fingerprint density at radius 3 is 2.03 bits per heavy atom. The minimum absolute atomic E-state index is 0.0361. The number of carbonyl (C=O) groups is 3. The zero-order valence-corrected chi connectivity index (χ0v) is 19.1. The molecule has 2 aromatic carbocycles. The Bertz CT molecular complexity index is 1040. The maximum Gasteiger partial charge on any atom is 0.278 e. The summed E-state index contributed by atoms with van der Waals surface area (Å²) in [5.74, 6) is -0.00212. The van der Waals surface area contributed by atoms with E-state index in [1.54, 1.807) is 48.5 Å². The molecular weight excluding hydrogens is 406 g/mol. The van der Waals surface area contributed by atoms with Crippen molar-refractivity contribution in [3.05, 3.63) is 59.8 Å². The van der Waals surface area contributed by atoms with Crippen LogP contribution in [0.1, 0.15) is 40.2 Å². The van der Waals surface area contributed by atoms with Crippen LogP contribution in [0.2, 0.25) is 0 Å². The quantitative estimate of drug-likeness (QED) is 0.605. The Morgan fingerprint density at radius 2 is 1.50 bits per heavy atom. The lowest BCUT2D eigenvalue weighted by molar-refractivity contribution is -0.137. The molecule has 2 N–H and O–H groups in total. The average Bonchev–Trinajstić information content (AvgIpc) is 2.93. The highest BCUT2D eigenvalue weighted by molar-refractivity contribution is 6.36. The highest BCUT2D eigenvalue weighted by atomic mass is 16.5. The first kappa shape index (κ1) is 23.1. The zero-order chi connectivity index (χ0) is 23.4. The molecule has 0 spiro atoms. The van der Waals surface area contributed by atoms with E-state index >= 15 is 0 Å². The molecule has 3 amide bonds. The number of rotatable bonds is 8. The number of nitrogens with one attached hydrogen (secondary N) is 2. The fraction of sp³-hybridized carbons (Fsp3) is 0.320. The summed E-state index contributed by atoms with van der Waals surface area (Å²) in [5.41, 5.74) is 2.49. The minimum Gasteiger partial charge on any atom is -0.491 e. The van der Waals surface area contributed by atoms with Gasteiger partial charge in [0.05, 0.1) is 11.7 Å². The topological polar surface area (TPSA) is 87.7 Å². The maximum absolute atomic E-state index is 13.2. The lowest BCUT2D eigenvalue weighted by Gasteiger charge is -2.17. The van der Waals surface area contributed by atoms with E-state index in [1.807, 2.05) is 27.7 Å². The van der Waals surface area contributed by atoms with Crippen LogP contribution in [0, 0.1) is 5.92 Å². The van der Waals surface area contributed by atoms with Gasteiger partial charge in [0.1, 0.15) is 11.4 Å². The third-order valence-electron chi connectivity index (χ3n) is 4.71. The lowest BCUT2D eigenvalue weighted by atomic mass is 10.0. The highest BCUT2D eigenvalue weighted by Gasteiger charge is 2.39. The van der Waals surface area contributed by atoms with Crippen molar-refractivity contribution in [3.8, 4) is 5.75 Å². The summed E-state index contributed by atoms with van der Waals surface area (Å²) < 4.78 is 5.69. The van der Waals surface area contributed by atoms with Crippen LogP contribution < -0.4 is 15.4 Å². The molecule has 0 aliphatic carbocycles. The van der Waals surface area contributed by atoms with Gasteiger partial charge in [-0.3, -0.25) is 19.3 Å². The molecule has 1 aliphatic rings. The van der Waals surface area contributed by atoms with Crippen molar-refractivity contribution in [2.75, 3.05) is 17.2 Å². The Kier molecular flexibility index (Phi) is 6.98. The number of imide groups is 1. The second kappa shape index (κ2) is 9.68. The van der Waals surface area contributed by atoms with E-state index in [4.69, 9.17) is 4.74 Å². The van der Waals surface area contributed by atoms with Crippen molar-refractivity contribution < 1.29 is 19.1 Å². The molecule has 7 nitrogen and oxygen atoms in total. The molecular formula is C25H29N3O4. The molecule has 0 radical (unpaired) electrons. The molecule has 32 heavy (non-hydrogen) atoms. The van der Waals surface area contributed by atoms with E-state index in [1.165, 1.54) is 11.8 Å². The Labute approximate surface area is 188 Å². The van der Waals surface area contributed by atoms with E-state index in [-0.39, 0.29) is 35.4 Å². The predicted molar refractivity (Wildman–Crippen MR) is 125 cm³/mol. The highest BCUT2D eigenvalue weighted by Crippen LogP contribution is 2.32. The molecule has 0 bridgehead atoms. The number of benzene rings is 2. The SMILES string of the molecule is CC(=O)Nc1ccc(NC2=C(c3ccc(OC(C)C)cc3)C(=O)N(CC(C)C)C2=O)cc1. The normalized spacial score (nSPS) is 13.9. The van der Waals surface area contributed by atoms with E-state index in [0.29, 0.717) is 34.8 Å². The molecule has 0 saturated carbocycles. The Morgan fingerprint density at radius 1 is 0.906 bits per heavy atom. The van der Waals surface area contributed by atoms with E-state index < -0.39 is 0 Å². The molecule has 2 aromatic rings. The maximum atomic E-state index is 13.2. The number of hydrogen-bond acceptors (Lipinski definition) is 5. The van der Waals surface area contributed by atoms with Gasteiger partial charge in [-0.05, 0) is 61.7 Å². The van der Waals surface area contributed by atoms with Crippen molar-refractivity contribution in [2.45, 2.75) is 40.7 Å². The summed E-state index contributed by atoms with van der Waals surface area (Å²) in [5, 5.41) is 5.83. The van der Waals surface area contributed by atoms with Crippen molar-refractivity contribution in [3.63, 3.8) is 0 Å². The van der Waals surface area contributed by atoms with Crippen LogP contribution in [0.15, 0.2) is 54.2 Å². The van der Waals surface area contributed by atoms with Crippen LogP contribution in [0.5, 0.6) is 5.75 Å².